The van der Waals surface area contributed by atoms with Crippen molar-refractivity contribution in [2.45, 2.75) is 13.5 Å². The van der Waals surface area contributed by atoms with Gasteiger partial charge in [0.25, 0.3) is 5.56 Å². The quantitative estimate of drug-likeness (QED) is 0.414. The fourth-order valence-electron chi connectivity index (χ4n) is 3.58. The summed E-state index contributed by atoms with van der Waals surface area (Å²) in [7, 11) is 0. The zero-order valence-corrected chi connectivity index (χ0v) is 17.8. The molecule has 0 bridgehead atoms. The number of fused-ring (bicyclic) bond motifs is 1. The highest BCUT2D eigenvalue weighted by molar-refractivity contribution is 6.30. The standard InChI is InChI=1S/C24H17ClN4O3/c1-15-20(27-22(32-15)16-9-11-17(25)12-10-16)14-28-23(30)19-8-5-13-26-21(19)29(24(28)31)18-6-3-2-4-7-18/h2-13H,14H2,1H3. The lowest BCUT2D eigenvalue weighted by atomic mass is 10.2. The van der Waals surface area contributed by atoms with Gasteiger partial charge >= 0.3 is 5.69 Å². The number of nitrogens with zero attached hydrogens (tertiary/aromatic N) is 4. The van der Waals surface area contributed by atoms with Crippen molar-refractivity contribution in [1.29, 1.82) is 0 Å². The van der Waals surface area contributed by atoms with E-state index in [2.05, 4.69) is 9.97 Å². The zero-order valence-electron chi connectivity index (χ0n) is 17.0. The van der Waals surface area contributed by atoms with Gasteiger partial charge in [-0.2, -0.15) is 0 Å². The molecule has 0 radical (unpaired) electrons. The molecular formula is C24H17ClN4O3. The number of hydrogen-bond acceptors (Lipinski definition) is 5. The van der Waals surface area contributed by atoms with E-state index in [0.717, 1.165) is 10.1 Å². The fourth-order valence-corrected chi connectivity index (χ4v) is 3.70. The number of rotatable bonds is 4. The van der Waals surface area contributed by atoms with Gasteiger partial charge in [-0.15, -0.1) is 0 Å². The molecule has 158 valence electrons. The van der Waals surface area contributed by atoms with Gasteiger partial charge in [0.2, 0.25) is 5.89 Å². The molecule has 0 amide bonds. The van der Waals surface area contributed by atoms with Crippen LogP contribution < -0.4 is 11.2 Å². The smallest absolute Gasteiger partial charge is 0.337 e. The molecule has 0 fully saturated rings. The second-order valence-electron chi connectivity index (χ2n) is 7.25. The molecule has 3 aromatic heterocycles. The molecule has 0 aliphatic carbocycles. The Morgan fingerprint density at radius 2 is 1.72 bits per heavy atom. The van der Waals surface area contributed by atoms with Crippen molar-refractivity contribution in [1.82, 2.24) is 19.1 Å². The molecule has 0 saturated heterocycles. The molecule has 0 saturated carbocycles. The van der Waals surface area contributed by atoms with Crippen molar-refractivity contribution in [2.24, 2.45) is 0 Å². The zero-order chi connectivity index (χ0) is 22.2. The van der Waals surface area contributed by atoms with Crippen LogP contribution in [0.25, 0.3) is 28.2 Å². The second kappa shape index (κ2) is 7.94. The monoisotopic (exact) mass is 444 g/mol. The Hall–Kier alpha value is -3.97. The predicted molar refractivity (Wildman–Crippen MR) is 122 cm³/mol. The Kier molecular flexibility index (Phi) is 4.95. The van der Waals surface area contributed by atoms with E-state index in [1.807, 2.05) is 18.2 Å². The van der Waals surface area contributed by atoms with E-state index >= 15 is 0 Å². The van der Waals surface area contributed by atoms with Crippen LogP contribution in [0.3, 0.4) is 0 Å². The van der Waals surface area contributed by atoms with E-state index in [1.165, 1.54) is 4.57 Å². The van der Waals surface area contributed by atoms with Crippen molar-refractivity contribution in [3.8, 4) is 17.1 Å². The maximum atomic E-state index is 13.4. The van der Waals surface area contributed by atoms with Gasteiger partial charge in [0.1, 0.15) is 11.5 Å². The van der Waals surface area contributed by atoms with Gasteiger partial charge < -0.3 is 4.42 Å². The third kappa shape index (κ3) is 3.42. The van der Waals surface area contributed by atoms with Crippen LogP contribution in [0.5, 0.6) is 0 Å². The minimum absolute atomic E-state index is 0.0295. The predicted octanol–water partition coefficient (Wildman–Crippen LogP) is 4.21. The third-order valence-corrected chi connectivity index (χ3v) is 5.45. The Morgan fingerprint density at radius 3 is 2.47 bits per heavy atom. The van der Waals surface area contributed by atoms with Crippen LogP contribution in [0.15, 0.2) is 86.9 Å². The molecule has 0 spiro atoms. The molecule has 2 aromatic carbocycles. The lowest BCUT2D eigenvalue weighted by Crippen LogP contribution is -2.40. The number of hydrogen-bond donors (Lipinski definition) is 0. The van der Waals surface area contributed by atoms with Crippen molar-refractivity contribution in [3.63, 3.8) is 0 Å². The van der Waals surface area contributed by atoms with Crippen LogP contribution in [0.4, 0.5) is 0 Å². The summed E-state index contributed by atoms with van der Waals surface area (Å²) >= 11 is 5.96. The van der Waals surface area contributed by atoms with Crippen molar-refractivity contribution in [2.75, 3.05) is 0 Å². The molecule has 32 heavy (non-hydrogen) atoms. The molecule has 0 unspecified atom stereocenters. The highest BCUT2D eigenvalue weighted by atomic mass is 35.5. The average Bonchev–Trinajstić information content (AvgIpc) is 3.18. The first-order valence-corrected chi connectivity index (χ1v) is 10.3. The number of aromatic nitrogens is 4. The van der Waals surface area contributed by atoms with E-state index in [4.69, 9.17) is 16.0 Å². The average molecular weight is 445 g/mol. The highest BCUT2D eigenvalue weighted by Crippen LogP contribution is 2.23. The van der Waals surface area contributed by atoms with Crippen LogP contribution in [0, 0.1) is 6.92 Å². The van der Waals surface area contributed by atoms with Crippen molar-refractivity contribution >= 4 is 22.6 Å². The molecule has 3 heterocycles. The molecule has 5 aromatic rings. The number of halogens is 1. The maximum absolute atomic E-state index is 13.4. The summed E-state index contributed by atoms with van der Waals surface area (Å²) in [5.41, 5.74) is 1.25. The van der Waals surface area contributed by atoms with E-state index in [9.17, 15) is 9.59 Å². The number of oxazole rings is 1. The summed E-state index contributed by atoms with van der Waals surface area (Å²) in [5.74, 6) is 0.923. The maximum Gasteiger partial charge on any atom is 0.337 e. The third-order valence-electron chi connectivity index (χ3n) is 5.20. The number of aryl methyl sites for hydroxylation is 1. The SMILES string of the molecule is Cc1oc(-c2ccc(Cl)cc2)nc1Cn1c(=O)c2cccnc2n(-c2ccccc2)c1=O. The van der Waals surface area contributed by atoms with Crippen LogP contribution in [0.2, 0.25) is 5.02 Å². The lowest BCUT2D eigenvalue weighted by Gasteiger charge is -2.12. The molecule has 8 heteroatoms. The summed E-state index contributed by atoms with van der Waals surface area (Å²) in [4.78, 5) is 35.5. The first-order chi connectivity index (χ1) is 15.5. The van der Waals surface area contributed by atoms with Gasteiger partial charge in [-0.3, -0.25) is 9.36 Å². The van der Waals surface area contributed by atoms with E-state index < -0.39 is 11.2 Å². The van der Waals surface area contributed by atoms with Crippen LogP contribution >= 0.6 is 11.6 Å². The van der Waals surface area contributed by atoms with E-state index in [-0.39, 0.29) is 6.54 Å². The summed E-state index contributed by atoms with van der Waals surface area (Å²) in [6.45, 7) is 1.73. The molecular weight excluding hydrogens is 428 g/mol. The number of benzene rings is 2. The van der Waals surface area contributed by atoms with Gasteiger partial charge in [0.15, 0.2) is 5.65 Å². The number of pyridine rings is 1. The summed E-state index contributed by atoms with van der Waals surface area (Å²) < 4.78 is 8.40. The van der Waals surface area contributed by atoms with Gasteiger partial charge in [-0.25, -0.2) is 19.3 Å². The van der Waals surface area contributed by atoms with Crippen LogP contribution in [-0.4, -0.2) is 19.1 Å². The normalized spacial score (nSPS) is 11.2. The van der Waals surface area contributed by atoms with Gasteiger partial charge in [-0.05, 0) is 55.5 Å². The molecule has 7 nitrogen and oxygen atoms in total. The van der Waals surface area contributed by atoms with Gasteiger partial charge in [-0.1, -0.05) is 29.8 Å². The largest absolute Gasteiger partial charge is 0.441 e. The molecule has 5 rings (SSSR count). The fraction of sp³-hybridized carbons (Fsp3) is 0.0833. The number of para-hydroxylation sites is 1. The van der Waals surface area contributed by atoms with Gasteiger partial charge in [0.05, 0.1) is 17.6 Å². The summed E-state index contributed by atoms with van der Waals surface area (Å²) in [6, 6.07) is 19.5. The first-order valence-electron chi connectivity index (χ1n) is 9.91. The Labute approximate surface area is 187 Å². The topological polar surface area (TPSA) is 82.9 Å². The van der Waals surface area contributed by atoms with Crippen molar-refractivity contribution in [3.05, 3.63) is 110 Å². The second-order valence-corrected chi connectivity index (χ2v) is 7.68. The Balaban J connectivity index is 1.67. The van der Waals surface area contributed by atoms with Gasteiger partial charge in [0, 0.05) is 16.8 Å². The lowest BCUT2D eigenvalue weighted by molar-refractivity contribution is 0.536. The van der Waals surface area contributed by atoms with E-state index in [1.54, 1.807) is 61.7 Å². The Morgan fingerprint density at radius 1 is 0.969 bits per heavy atom. The highest BCUT2D eigenvalue weighted by Gasteiger charge is 2.18. The first kappa shape index (κ1) is 20.0. The van der Waals surface area contributed by atoms with E-state index in [0.29, 0.717) is 39.1 Å². The Bertz CT molecular complexity index is 1550. The minimum atomic E-state index is -0.497. The summed E-state index contributed by atoms with van der Waals surface area (Å²) in [5, 5.41) is 0.949. The van der Waals surface area contributed by atoms with Crippen molar-refractivity contribution < 1.29 is 4.42 Å². The minimum Gasteiger partial charge on any atom is -0.441 e. The van der Waals surface area contributed by atoms with Crippen LogP contribution in [-0.2, 0) is 6.54 Å². The molecule has 0 aliphatic rings. The molecule has 0 atom stereocenters. The van der Waals surface area contributed by atoms with Crippen LogP contribution in [0.1, 0.15) is 11.5 Å². The molecule has 0 aliphatic heterocycles. The molecule has 0 N–H and O–H groups in total. The summed E-state index contributed by atoms with van der Waals surface area (Å²) in [6.07, 6.45) is 1.56.